The van der Waals surface area contributed by atoms with E-state index in [0.29, 0.717) is 0 Å². The molecule has 3 saturated heterocycles. The van der Waals surface area contributed by atoms with Crippen molar-refractivity contribution in [3.8, 4) is 0 Å². The topological polar surface area (TPSA) is 189 Å². The van der Waals surface area contributed by atoms with Crippen molar-refractivity contribution in [3.05, 3.63) is 0 Å². The van der Waals surface area contributed by atoms with E-state index in [9.17, 15) is 24.7 Å². The molecular formula is C39H71N3O11Si. The molecule has 0 spiro atoms. The minimum Gasteiger partial charge on any atom is -0.458 e. The van der Waals surface area contributed by atoms with Gasteiger partial charge in [-0.1, -0.05) is 53.6 Å². The number of fused-ring (bicyclic) bond motifs is 1. The number of ether oxygens (including phenoxy) is 5. The summed E-state index contributed by atoms with van der Waals surface area (Å²) in [6.07, 6.45) is -3.59. The summed E-state index contributed by atoms with van der Waals surface area (Å²) < 4.78 is 39.2. The summed E-state index contributed by atoms with van der Waals surface area (Å²) in [7, 11) is 3.41. The molecule has 14 nitrogen and oxygen atoms in total. The smallest absolute Gasteiger partial charge is 0.317 e. The van der Waals surface area contributed by atoms with E-state index < -0.39 is 104 Å². The fraction of sp³-hybridized carbons (Fsp3) is 0.897. The Kier molecular flexibility index (Phi) is 15.8. The van der Waals surface area contributed by atoms with Gasteiger partial charge in [0.2, 0.25) is 0 Å². The van der Waals surface area contributed by atoms with Crippen LogP contribution in [0, 0.1) is 35.5 Å². The number of aliphatic hydroxyl groups excluding tert-OH is 1. The third-order valence-corrected chi connectivity index (χ3v) is 17.9. The number of rotatable bonds is 11. The lowest BCUT2D eigenvalue weighted by molar-refractivity contribution is -0.298. The second kappa shape index (κ2) is 18.4. The Morgan fingerprint density at radius 2 is 1.59 bits per heavy atom. The van der Waals surface area contributed by atoms with Crippen molar-refractivity contribution in [2.24, 2.45) is 46.4 Å². The molecular weight excluding hydrogens is 715 g/mol. The molecule has 0 aromatic carbocycles. The maximum Gasteiger partial charge on any atom is 0.317 e. The van der Waals surface area contributed by atoms with Gasteiger partial charge in [-0.2, -0.15) is 0 Å². The highest BCUT2D eigenvalue weighted by Crippen LogP contribution is 2.48. The van der Waals surface area contributed by atoms with Crippen LogP contribution in [0.4, 0.5) is 0 Å². The van der Waals surface area contributed by atoms with Gasteiger partial charge in [0.15, 0.2) is 26.0 Å². The molecule has 0 radical (unpaired) electrons. The van der Waals surface area contributed by atoms with E-state index in [-0.39, 0.29) is 30.8 Å². The molecule has 3 aliphatic rings. The zero-order chi connectivity index (χ0) is 41.1. The number of oxime groups is 1. The average Bonchev–Trinajstić information content (AvgIpc) is 3.42. The molecule has 0 aromatic rings. The van der Waals surface area contributed by atoms with E-state index in [2.05, 4.69) is 30.8 Å². The predicted molar refractivity (Wildman–Crippen MR) is 206 cm³/mol. The molecule has 15 heteroatoms. The minimum atomic E-state index is -2.19. The highest BCUT2D eigenvalue weighted by atomic mass is 28.4. The Labute approximate surface area is 324 Å². The number of hydrogen-bond acceptors (Lipinski definition) is 13. The monoisotopic (exact) mass is 785 g/mol. The summed E-state index contributed by atoms with van der Waals surface area (Å²) in [6.45, 7) is 20.7. The maximum atomic E-state index is 14.6. The summed E-state index contributed by atoms with van der Waals surface area (Å²) in [4.78, 5) is 44.1. The number of aliphatic hydroxyl groups is 1. The van der Waals surface area contributed by atoms with E-state index in [0.717, 1.165) is 24.6 Å². The Morgan fingerprint density at radius 3 is 2.09 bits per heavy atom. The molecule has 0 aromatic heterocycles. The zero-order valence-corrected chi connectivity index (χ0v) is 36.3. The first-order valence-electron chi connectivity index (χ1n) is 20.0. The summed E-state index contributed by atoms with van der Waals surface area (Å²) in [5, 5.41) is 24.9. The minimum absolute atomic E-state index is 0.0301. The van der Waals surface area contributed by atoms with Crippen LogP contribution in [0.15, 0.2) is 5.16 Å². The van der Waals surface area contributed by atoms with Gasteiger partial charge in [-0.25, -0.2) is 0 Å². The molecule has 0 aliphatic carbocycles. The van der Waals surface area contributed by atoms with Gasteiger partial charge < -0.3 is 49.1 Å². The van der Waals surface area contributed by atoms with Gasteiger partial charge in [-0.05, 0) is 79.2 Å². The Balaban J connectivity index is 2.22. The van der Waals surface area contributed by atoms with Crippen molar-refractivity contribution in [1.29, 1.82) is 0 Å². The zero-order valence-electron chi connectivity index (χ0n) is 35.3. The highest BCUT2D eigenvalue weighted by Gasteiger charge is 2.63. The van der Waals surface area contributed by atoms with Crippen molar-refractivity contribution in [3.63, 3.8) is 0 Å². The first-order chi connectivity index (χ1) is 25.2. The molecule has 0 unspecified atom stereocenters. The molecule has 0 saturated carbocycles. The Morgan fingerprint density at radius 1 is 1.00 bits per heavy atom. The Hall–Kier alpha value is -2.14. The molecule has 54 heavy (non-hydrogen) atoms. The SMILES string of the molecule is CC[C@@H]1OC(=O)[C@H](C)[C@@H](O)[C@H](C)[C@@H](O[C@@H]2O[C@@H](C)C[C@H](N(C)C)[C@H]2O[Si](CC)(CC)CC)[C@](C)(OC)C[C@@H](C)C(=O)[C@H](C)[C@H]2[C@H](/C(N)=N\O)C(=O)O[C@@]21C. The number of Topliss-reactive ketones (excluding diaryl/α,β-unsaturated/α-hetero) is 1. The molecule has 312 valence electrons. The van der Waals surface area contributed by atoms with Gasteiger partial charge in [-0.3, -0.25) is 14.4 Å². The van der Waals surface area contributed by atoms with Gasteiger partial charge in [0, 0.05) is 36.8 Å². The highest BCUT2D eigenvalue weighted by molar-refractivity contribution is 6.73. The lowest BCUT2D eigenvalue weighted by Crippen LogP contribution is -2.62. The van der Waals surface area contributed by atoms with Crippen molar-refractivity contribution in [2.75, 3.05) is 21.2 Å². The van der Waals surface area contributed by atoms with Crippen LogP contribution in [0.1, 0.15) is 95.4 Å². The van der Waals surface area contributed by atoms with Crippen LogP contribution in [0.3, 0.4) is 0 Å². The number of cyclic esters (lactones) is 1. The van der Waals surface area contributed by atoms with Gasteiger partial charge in [0.1, 0.15) is 23.9 Å². The van der Waals surface area contributed by atoms with Crippen LogP contribution < -0.4 is 5.73 Å². The number of nitrogens with two attached hydrogens (primary N) is 1. The number of ketones is 1. The summed E-state index contributed by atoms with van der Waals surface area (Å²) in [5.74, 6) is -7.64. The van der Waals surface area contributed by atoms with Gasteiger partial charge >= 0.3 is 11.9 Å². The normalized spacial score (nSPS) is 42.0. The number of carbonyl (C=O) groups excluding carboxylic acids is 3. The number of methoxy groups -OCH3 is 1. The van der Waals surface area contributed by atoms with Crippen LogP contribution in [0.25, 0.3) is 0 Å². The third-order valence-electron chi connectivity index (χ3n) is 13.3. The van der Waals surface area contributed by atoms with Crippen molar-refractivity contribution >= 4 is 31.9 Å². The number of hydrogen-bond donors (Lipinski definition) is 3. The fourth-order valence-corrected chi connectivity index (χ4v) is 12.4. The molecule has 3 aliphatic heterocycles. The molecule has 3 heterocycles. The maximum absolute atomic E-state index is 14.6. The second-order valence-electron chi connectivity index (χ2n) is 16.9. The quantitative estimate of drug-likeness (QED) is 0.0652. The van der Waals surface area contributed by atoms with Gasteiger partial charge in [-0.15, -0.1) is 0 Å². The number of nitrogens with zero attached hydrogens (tertiary/aromatic N) is 2. The molecule has 3 fully saturated rings. The summed E-state index contributed by atoms with van der Waals surface area (Å²) >= 11 is 0. The van der Waals surface area contributed by atoms with E-state index in [4.69, 9.17) is 33.8 Å². The lowest BCUT2D eigenvalue weighted by Gasteiger charge is -2.50. The summed E-state index contributed by atoms with van der Waals surface area (Å²) in [6, 6.07) is 2.75. The molecule has 4 N–H and O–H groups in total. The third kappa shape index (κ3) is 9.02. The number of carbonyl (C=O) groups is 3. The van der Waals surface area contributed by atoms with Crippen LogP contribution >= 0.6 is 0 Å². The Bertz CT molecular complexity index is 1320. The van der Waals surface area contributed by atoms with Crippen LogP contribution in [0.2, 0.25) is 18.1 Å². The van der Waals surface area contributed by atoms with E-state index in [1.807, 2.05) is 27.9 Å². The lowest BCUT2D eigenvalue weighted by atomic mass is 9.67. The fourth-order valence-electron chi connectivity index (χ4n) is 9.56. The first-order valence-corrected chi connectivity index (χ1v) is 22.5. The predicted octanol–water partition coefficient (Wildman–Crippen LogP) is 4.73. The number of esters is 2. The number of amidine groups is 1. The van der Waals surface area contributed by atoms with E-state index in [1.165, 1.54) is 0 Å². The van der Waals surface area contributed by atoms with E-state index in [1.54, 1.807) is 48.7 Å². The molecule has 0 amide bonds. The number of likely N-dealkylation sites (N-methyl/N-ethyl adjacent to an activating group) is 1. The standard InChI is InChI=1S/C39H71N3O11Si/c1-15-27-39(11)29(28(34(40)41-47)36(46)52-39)23(7)30(43)21(5)20-38(10,48-14)33(24(8)31(44)25(9)35(45)50-27)51-37-32(53-54(16-2,17-3)18-4)26(42(12)13)19-22(6)49-37/h21-29,31-33,37,44,47H,15-20H2,1-14H3,(H2,40,41)/t21-,22+,23-,24+,25-,26+,27+,28-,29+,31+,32-,33-,37+,38-,39-/m1/s1. The van der Waals surface area contributed by atoms with Gasteiger partial charge in [0.05, 0.1) is 29.8 Å². The van der Waals surface area contributed by atoms with Crippen molar-refractivity contribution < 1.29 is 52.8 Å². The summed E-state index contributed by atoms with van der Waals surface area (Å²) in [5.41, 5.74) is 3.37. The molecule has 15 atom stereocenters. The van der Waals surface area contributed by atoms with Crippen molar-refractivity contribution in [2.45, 2.75) is 168 Å². The molecule has 3 rings (SSSR count). The molecule has 0 bridgehead atoms. The van der Waals surface area contributed by atoms with Crippen LogP contribution in [0.5, 0.6) is 0 Å². The van der Waals surface area contributed by atoms with Crippen LogP contribution in [-0.2, 0) is 42.5 Å². The largest absolute Gasteiger partial charge is 0.458 e. The van der Waals surface area contributed by atoms with Crippen molar-refractivity contribution in [1.82, 2.24) is 4.90 Å². The van der Waals surface area contributed by atoms with Crippen LogP contribution in [-0.4, -0.2) is 122 Å². The van der Waals surface area contributed by atoms with E-state index >= 15 is 0 Å². The average molecular weight is 786 g/mol. The first kappa shape index (κ1) is 46.2. The van der Waals surface area contributed by atoms with Gasteiger partial charge in [0.25, 0.3) is 0 Å². The second-order valence-corrected chi connectivity index (χ2v) is 21.6.